The molecule has 1 aliphatic carbocycles. The highest BCUT2D eigenvalue weighted by Crippen LogP contribution is 2.61. The molecule has 1 aromatic rings. The SMILES string of the molecule is C[C@H]1C2CC2(c2ccc(Cl)c(Cl)c2)CN1C. The molecular formula is C13H15Cl2N. The topological polar surface area (TPSA) is 3.24 Å². The lowest BCUT2D eigenvalue weighted by molar-refractivity contribution is 0.284. The average Bonchev–Trinajstić information content (AvgIpc) is 2.90. The first-order valence-corrected chi connectivity index (χ1v) is 6.46. The first-order valence-electron chi connectivity index (χ1n) is 5.70. The molecule has 1 heterocycles. The molecule has 3 atom stereocenters. The van der Waals surface area contributed by atoms with Crippen LogP contribution >= 0.6 is 23.2 Å². The Labute approximate surface area is 106 Å². The van der Waals surface area contributed by atoms with Gasteiger partial charge in [-0.1, -0.05) is 29.3 Å². The molecule has 2 fully saturated rings. The number of benzene rings is 1. The van der Waals surface area contributed by atoms with Gasteiger partial charge in [-0.3, -0.25) is 0 Å². The number of likely N-dealkylation sites (N-methyl/N-ethyl adjacent to an activating group) is 1. The highest BCUT2D eigenvalue weighted by Gasteiger charge is 2.63. The van der Waals surface area contributed by atoms with E-state index in [0.29, 0.717) is 21.5 Å². The zero-order valence-electron chi connectivity index (χ0n) is 9.50. The minimum absolute atomic E-state index is 0.363. The third kappa shape index (κ3) is 1.35. The Hall–Kier alpha value is -0.240. The van der Waals surface area contributed by atoms with Crippen molar-refractivity contribution in [3.63, 3.8) is 0 Å². The van der Waals surface area contributed by atoms with Crippen LogP contribution in [0, 0.1) is 5.92 Å². The molecule has 3 heteroatoms. The van der Waals surface area contributed by atoms with Crippen LogP contribution in [0.2, 0.25) is 10.0 Å². The zero-order valence-corrected chi connectivity index (χ0v) is 11.0. The van der Waals surface area contributed by atoms with Gasteiger partial charge in [0.25, 0.3) is 0 Å². The van der Waals surface area contributed by atoms with Gasteiger partial charge >= 0.3 is 0 Å². The van der Waals surface area contributed by atoms with Crippen molar-refractivity contribution in [3.05, 3.63) is 33.8 Å². The van der Waals surface area contributed by atoms with Crippen LogP contribution < -0.4 is 0 Å². The van der Waals surface area contributed by atoms with E-state index in [9.17, 15) is 0 Å². The Morgan fingerprint density at radius 2 is 2.06 bits per heavy atom. The molecule has 1 saturated carbocycles. The lowest BCUT2D eigenvalue weighted by atomic mass is 9.94. The van der Waals surface area contributed by atoms with Crippen molar-refractivity contribution in [2.45, 2.75) is 24.8 Å². The van der Waals surface area contributed by atoms with Gasteiger partial charge in [0.1, 0.15) is 0 Å². The lowest BCUT2D eigenvalue weighted by Gasteiger charge is -2.20. The first kappa shape index (κ1) is 10.9. The van der Waals surface area contributed by atoms with Crippen LogP contribution in [0.3, 0.4) is 0 Å². The summed E-state index contributed by atoms with van der Waals surface area (Å²) in [4.78, 5) is 2.44. The zero-order chi connectivity index (χ0) is 11.5. The predicted molar refractivity (Wildman–Crippen MR) is 68.3 cm³/mol. The summed E-state index contributed by atoms with van der Waals surface area (Å²) in [7, 11) is 2.20. The number of piperidine rings is 1. The van der Waals surface area contributed by atoms with E-state index in [-0.39, 0.29) is 0 Å². The third-order valence-electron chi connectivity index (χ3n) is 4.44. The van der Waals surface area contributed by atoms with Crippen LogP contribution in [0.5, 0.6) is 0 Å². The summed E-state index contributed by atoms with van der Waals surface area (Å²) in [5.74, 6) is 0.801. The maximum atomic E-state index is 6.10. The summed E-state index contributed by atoms with van der Waals surface area (Å²) in [6, 6.07) is 6.80. The number of halogens is 2. The average molecular weight is 256 g/mol. The predicted octanol–water partition coefficient (Wildman–Crippen LogP) is 3.59. The Kier molecular flexibility index (Phi) is 2.30. The van der Waals surface area contributed by atoms with E-state index >= 15 is 0 Å². The minimum Gasteiger partial charge on any atom is -0.302 e. The molecule has 1 nitrogen and oxygen atoms in total. The first-order chi connectivity index (χ1) is 7.54. The molecule has 1 aliphatic heterocycles. The number of rotatable bonds is 1. The fraction of sp³-hybridized carbons (Fsp3) is 0.538. The molecule has 86 valence electrons. The molecule has 0 spiro atoms. The van der Waals surface area contributed by atoms with Gasteiger partial charge < -0.3 is 4.90 Å². The smallest absolute Gasteiger partial charge is 0.0595 e. The van der Waals surface area contributed by atoms with E-state index in [1.165, 1.54) is 12.0 Å². The summed E-state index contributed by atoms with van der Waals surface area (Å²) in [6.45, 7) is 3.47. The van der Waals surface area contributed by atoms with Crippen molar-refractivity contribution in [2.24, 2.45) is 5.92 Å². The second-order valence-electron chi connectivity index (χ2n) is 5.25. The molecule has 0 amide bonds. The van der Waals surface area contributed by atoms with E-state index in [0.717, 1.165) is 12.5 Å². The highest BCUT2D eigenvalue weighted by atomic mass is 35.5. The van der Waals surface area contributed by atoms with E-state index in [1.54, 1.807) is 0 Å². The van der Waals surface area contributed by atoms with Crippen LogP contribution in [0.15, 0.2) is 18.2 Å². The van der Waals surface area contributed by atoms with Crippen molar-refractivity contribution in [1.82, 2.24) is 4.90 Å². The molecule has 16 heavy (non-hydrogen) atoms. The van der Waals surface area contributed by atoms with Crippen molar-refractivity contribution in [1.29, 1.82) is 0 Å². The number of likely N-dealkylation sites (tertiary alicyclic amines) is 1. The van der Waals surface area contributed by atoms with Gasteiger partial charge in [0.15, 0.2) is 0 Å². The largest absolute Gasteiger partial charge is 0.302 e. The summed E-state index contributed by atoms with van der Waals surface area (Å²) in [6.07, 6.45) is 1.30. The van der Waals surface area contributed by atoms with Gasteiger partial charge in [0.05, 0.1) is 10.0 Å². The molecule has 1 saturated heterocycles. The number of hydrogen-bond acceptors (Lipinski definition) is 1. The minimum atomic E-state index is 0.363. The maximum absolute atomic E-state index is 6.10. The highest BCUT2D eigenvalue weighted by molar-refractivity contribution is 6.42. The maximum Gasteiger partial charge on any atom is 0.0595 e. The van der Waals surface area contributed by atoms with Gasteiger partial charge in [0.2, 0.25) is 0 Å². The van der Waals surface area contributed by atoms with Gasteiger partial charge in [-0.2, -0.15) is 0 Å². The summed E-state index contributed by atoms with van der Waals surface area (Å²) in [5.41, 5.74) is 1.73. The standard InChI is InChI=1S/C13H15Cl2N/c1-8-10-6-13(10,7-16(8)2)9-3-4-11(14)12(15)5-9/h3-5,8,10H,6-7H2,1-2H3/t8-,10?,13?/m0/s1. The molecule has 1 aromatic carbocycles. The van der Waals surface area contributed by atoms with Crippen molar-refractivity contribution in [2.75, 3.05) is 13.6 Å². The fourth-order valence-corrected chi connectivity index (χ4v) is 3.57. The Bertz CT molecular complexity index is 446. The van der Waals surface area contributed by atoms with E-state index in [2.05, 4.69) is 31.0 Å². The van der Waals surface area contributed by atoms with Gasteiger partial charge in [-0.25, -0.2) is 0 Å². The van der Waals surface area contributed by atoms with Crippen LogP contribution in [-0.4, -0.2) is 24.5 Å². The Morgan fingerprint density at radius 3 is 2.62 bits per heavy atom. The van der Waals surface area contributed by atoms with E-state index in [4.69, 9.17) is 23.2 Å². The van der Waals surface area contributed by atoms with Crippen LogP contribution in [0.25, 0.3) is 0 Å². The van der Waals surface area contributed by atoms with Crippen LogP contribution in [0.1, 0.15) is 18.9 Å². The van der Waals surface area contributed by atoms with Crippen LogP contribution in [0.4, 0.5) is 0 Å². The molecule has 0 bridgehead atoms. The van der Waals surface area contributed by atoms with E-state index in [1.807, 2.05) is 6.07 Å². The number of hydrogen-bond donors (Lipinski definition) is 0. The Morgan fingerprint density at radius 1 is 1.31 bits per heavy atom. The van der Waals surface area contributed by atoms with Crippen molar-refractivity contribution < 1.29 is 0 Å². The van der Waals surface area contributed by atoms with Gasteiger partial charge in [-0.15, -0.1) is 0 Å². The fourth-order valence-electron chi connectivity index (χ4n) is 3.27. The van der Waals surface area contributed by atoms with E-state index < -0.39 is 0 Å². The molecule has 0 aromatic heterocycles. The number of nitrogens with zero attached hydrogens (tertiary/aromatic N) is 1. The van der Waals surface area contributed by atoms with Crippen molar-refractivity contribution >= 4 is 23.2 Å². The van der Waals surface area contributed by atoms with Gasteiger partial charge in [0, 0.05) is 18.0 Å². The van der Waals surface area contributed by atoms with Crippen LogP contribution in [-0.2, 0) is 5.41 Å². The van der Waals surface area contributed by atoms with Crippen molar-refractivity contribution in [3.8, 4) is 0 Å². The second kappa shape index (κ2) is 3.38. The van der Waals surface area contributed by atoms with Gasteiger partial charge in [-0.05, 0) is 44.0 Å². The second-order valence-corrected chi connectivity index (χ2v) is 6.07. The normalized spacial score (nSPS) is 37.5. The monoisotopic (exact) mass is 255 g/mol. The molecular weight excluding hydrogens is 241 g/mol. The number of fused-ring (bicyclic) bond motifs is 1. The molecule has 2 aliphatic rings. The summed E-state index contributed by atoms with van der Waals surface area (Å²) in [5, 5.41) is 1.33. The third-order valence-corrected chi connectivity index (χ3v) is 5.18. The Balaban J connectivity index is 1.97. The lowest BCUT2D eigenvalue weighted by Crippen LogP contribution is -2.27. The molecule has 0 radical (unpaired) electrons. The quantitative estimate of drug-likeness (QED) is 0.742. The molecule has 3 rings (SSSR count). The molecule has 0 N–H and O–H groups in total. The summed E-state index contributed by atoms with van der Waals surface area (Å²) < 4.78 is 0. The summed E-state index contributed by atoms with van der Waals surface area (Å²) >= 11 is 12.1. The molecule has 2 unspecified atom stereocenters.